The van der Waals surface area contributed by atoms with Crippen LogP contribution in [0.5, 0.6) is 0 Å². The molecule has 0 aromatic heterocycles. The molecule has 0 radical (unpaired) electrons. The van der Waals surface area contributed by atoms with Crippen molar-refractivity contribution in [1.82, 2.24) is 5.32 Å². The highest BCUT2D eigenvalue weighted by atomic mass is 32.2. The number of carbonyl (C=O) groups excluding carboxylic acids is 1. The monoisotopic (exact) mass is 390 g/mol. The molecule has 0 saturated heterocycles. The van der Waals surface area contributed by atoms with Crippen LogP contribution in [0, 0.1) is 13.8 Å². The number of amides is 1. The van der Waals surface area contributed by atoms with Crippen LogP contribution in [0.2, 0.25) is 0 Å². The number of aliphatic carboxylic acids is 1. The Kier molecular flexibility index (Phi) is 6.22. The Morgan fingerprint density at radius 3 is 2.37 bits per heavy atom. The maximum atomic E-state index is 12.7. The lowest BCUT2D eigenvalue weighted by Crippen LogP contribution is -2.34. The van der Waals surface area contributed by atoms with Crippen LogP contribution in [0.3, 0.4) is 0 Å². The average Bonchev–Trinajstić information content (AvgIpc) is 2.56. The molecule has 1 atom stereocenters. The molecule has 144 valence electrons. The van der Waals surface area contributed by atoms with Crippen LogP contribution in [0.1, 0.15) is 34.8 Å². The van der Waals surface area contributed by atoms with Gasteiger partial charge < -0.3 is 10.4 Å². The SMILES string of the molecule is Cc1ccccc1NS(=O)(=O)c1ccc(C)c(C(=O)NC(C)CC(=O)O)c1. The van der Waals surface area contributed by atoms with Crippen molar-refractivity contribution in [2.75, 3.05) is 4.72 Å². The maximum Gasteiger partial charge on any atom is 0.305 e. The summed E-state index contributed by atoms with van der Waals surface area (Å²) >= 11 is 0. The van der Waals surface area contributed by atoms with Gasteiger partial charge in [0.1, 0.15) is 0 Å². The summed E-state index contributed by atoms with van der Waals surface area (Å²) in [4.78, 5) is 23.1. The summed E-state index contributed by atoms with van der Waals surface area (Å²) in [5.41, 5.74) is 2.00. The summed E-state index contributed by atoms with van der Waals surface area (Å²) in [6.07, 6.45) is -0.225. The van der Waals surface area contributed by atoms with E-state index in [1.54, 1.807) is 51.1 Å². The fourth-order valence-corrected chi connectivity index (χ4v) is 3.68. The molecule has 8 heteroatoms. The van der Waals surface area contributed by atoms with Crippen LogP contribution in [-0.4, -0.2) is 31.4 Å². The first-order chi connectivity index (χ1) is 12.6. The van der Waals surface area contributed by atoms with Crippen molar-refractivity contribution in [2.24, 2.45) is 0 Å². The summed E-state index contributed by atoms with van der Waals surface area (Å²) in [5, 5.41) is 11.4. The van der Waals surface area contributed by atoms with Crippen molar-refractivity contribution in [3.63, 3.8) is 0 Å². The van der Waals surface area contributed by atoms with E-state index in [0.29, 0.717) is 11.3 Å². The molecule has 27 heavy (non-hydrogen) atoms. The quantitative estimate of drug-likeness (QED) is 0.673. The first-order valence-corrected chi connectivity index (χ1v) is 9.80. The Hall–Kier alpha value is -2.87. The summed E-state index contributed by atoms with van der Waals surface area (Å²) in [6, 6.07) is 10.6. The van der Waals surface area contributed by atoms with Crippen molar-refractivity contribution < 1.29 is 23.1 Å². The molecule has 0 heterocycles. The summed E-state index contributed by atoms with van der Waals surface area (Å²) < 4.78 is 27.9. The zero-order valence-electron chi connectivity index (χ0n) is 15.3. The third kappa shape index (κ3) is 5.30. The second-order valence-corrected chi connectivity index (χ2v) is 8.05. The number of aryl methyl sites for hydroxylation is 2. The minimum Gasteiger partial charge on any atom is -0.481 e. The van der Waals surface area contributed by atoms with Crippen molar-refractivity contribution >= 4 is 27.6 Å². The number of sulfonamides is 1. The average molecular weight is 390 g/mol. The number of rotatable bonds is 7. The number of benzene rings is 2. The highest BCUT2D eigenvalue weighted by Crippen LogP contribution is 2.21. The van der Waals surface area contributed by atoms with Gasteiger partial charge in [-0.15, -0.1) is 0 Å². The molecule has 2 rings (SSSR count). The third-order valence-electron chi connectivity index (χ3n) is 4.01. The summed E-state index contributed by atoms with van der Waals surface area (Å²) in [7, 11) is -3.88. The Balaban J connectivity index is 2.29. The van der Waals surface area contributed by atoms with Gasteiger partial charge in [-0.3, -0.25) is 14.3 Å². The van der Waals surface area contributed by atoms with Gasteiger partial charge in [-0.1, -0.05) is 24.3 Å². The number of para-hydroxylation sites is 1. The fraction of sp³-hybridized carbons (Fsp3) is 0.263. The third-order valence-corrected chi connectivity index (χ3v) is 5.37. The van der Waals surface area contributed by atoms with Crippen LogP contribution in [0.15, 0.2) is 47.4 Å². The topological polar surface area (TPSA) is 113 Å². The normalized spacial score (nSPS) is 12.3. The van der Waals surface area contributed by atoms with E-state index in [-0.39, 0.29) is 16.9 Å². The Morgan fingerprint density at radius 1 is 1.07 bits per heavy atom. The van der Waals surface area contributed by atoms with Crippen LogP contribution in [-0.2, 0) is 14.8 Å². The summed E-state index contributed by atoms with van der Waals surface area (Å²) in [5.74, 6) is -1.55. The molecule has 0 spiro atoms. The van der Waals surface area contributed by atoms with Gasteiger partial charge >= 0.3 is 5.97 Å². The number of carbonyl (C=O) groups is 2. The van der Waals surface area contributed by atoms with Gasteiger partial charge in [0, 0.05) is 11.6 Å². The van der Waals surface area contributed by atoms with Crippen molar-refractivity contribution in [3.05, 3.63) is 59.2 Å². The van der Waals surface area contributed by atoms with Crippen molar-refractivity contribution in [2.45, 2.75) is 38.1 Å². The molecular formula is C19H22N2O5S. The number of hydrogen-bond acceptors (Lipinski definition) is 4. The standard InChI is InChI=1S/C19H22N2O5S/c1-12-8-9-15(11-16(12)19(24)20-14(3)10-18(22)23)27(25,26)21-17-7-5-4-6-13(17)2/h4-9,11,14,21H,10H2,1-3H3,(H,20,24)(H,22,23). The van der Waals surface area contributed by atoms with Gasteiger partial charge in [-0.2, -0.15) is 0 Å². The molecule has 1 unspecified atom stereocenters. The first kappa shape index (κ1) is 20.4. The predicted octanol–water partition coefficient (Wildman–Crippen LogP) is 2.70. The largest absolute Gasteiger partial charge is 0.481 e. The van der Waals surface area contributed by atoms with Gasteiger partial charge in [0.05, 0.1) is 17.0 Å². The van der Waals surface area contributed by atoms with E-state index in [1.807, 2.05) is 0 Å². The Morgan fingerprint density at radius 2 is 1.74 bits per heavy atom. The molecule has 0 aliphatic heterocycles. The molecule has 0 aliphatic carbocycles. The second kappa shape index (κ2) is 8.22. The molecule has 7 nitrogen and oxygen atoms in total. The van der Waals surface area contributed by atoms with E-state index in [1.165, 1.54) is 12.1 Å². The molecule has 1 amide bonds. The molecule has 2 aromatic carbocycles. The zero-order chi connectivity index (χ0) is 20.2. The van der Waals surface area contributed by atoms with E-state index in [9.17, 15) is 18.0 Å². The van der Waals surface area contributed by atoms with E-state index in [4.69, 9.17) is 5.11 Å². The number of nitrogens with one attached hydrogen (secondary N) is 2. The minimum atomic E-state index is -3.88. The highest BCUT2D eigenvalue weighted by molar-refractivity contribution is 7.92. The first-order valence-electron chi connectivity index (χ1n) is 8.32. The molecule has 3 N–H and O–H groups in total. The Bertz CT molecular complexity index is 970. The van der Waals surface area contributed by atoms with Crippen molar-refractivity contribution in [1.29, 1.82) is 0 Å². The fourth-order valence-electron chi connectivity index (χ4n) is 2.52. The molecule has 2 aromatic rings. The smallest absolute Gasteiger partial charge is 0.305 e. The van der Waals surface area contributed by atoms with E-state index in [2.05, 4.69) is 10.0 Å². The van der Waals surface area contributed by atoms with Crippen molar-refractivity contribution in [3.8, 4) is 0 Å². The highest BCUT2D eigenvalue weighted by Gasteiger charge is 2.20. The van der Waals surface area contributed by atoms with Crippen LogP contribution < -0.4 is 10.0 Å². The molecular weight excluding hydrogens is 368 g/mol. The summed E-state index contributed by atoms with van der Waals surface area (Å²) in [6.45, 7) is 5.04. The van der Waals surface area contributed by atoms with Gasteiger partial charge in [-0.05, 0) is 50.1 Å². The lowest BCUT2D eigenvalue weighted by Gasteiger charge is -2.15. The van der Waals surface area contributed by atoms with Crippen LogP contribution in [0.25, 0.3) is 0 Å². The minimum absolute atomic E-state index is 0.0487. The number of hydrogen-bond donors (Lipinski definition) is 3. The second-order valence-electron chi connectivity index (χ2n) is 6.37. The number of carboxylic acids is 1. The van der Waals surface area contributed by atoms with Crippen LogP contribution in [0.4, 0.5) is 5.69 Å². The van der Waals surface area contributed by atoms with Gasteiger partial charge in [0.2, 0.25) is 0 Å². The van der Waals surface area contributed by atoms with E-state index >= 15 is 0 Å². The van der Waals surface area contributed by atoms with E-state index < -0.39 is 27.9 Å². The van der Waals surface area contributed by atoms with Gasteiger partial charge in [0.25, 0.3) is 15.9 Å². The lowest BCUT2D eigenvalue weighted by atomic mass is 10.1. The molecule has 0 saturated carbocycles. The number of carboxylic acid groups (broad SMARTS) is 1. The lowest BCUT2D eigenvalue weighted by molar-refractivity contribution is -0.137. The molecule has 0 aliphatic rings. The van der Waals surface area contributed by atoms with Gasteiger partial charge in [0.15, 0.2) is 0 Å². The Labute approximate surface area is 158 Å². The predicted molar refractivity (Wildman–Crippen MR) is 102 cm³/mol. The molecule has 0 fully saturated rings. The molecule has 0 bridgehead atoms. The maximum absolute atomic E-state index is 12.7. The van der Waals surface area contributed by atoms with E-state index in [0.717, 1.165) is 5.56 Å². The number of anilines is 1. The zero-order valence-corrected chi connectivity index (χ0v) is 16.1. The van der Waals surface area contributed by atoms with Gasteiger partial charge in [-0.25, -0.2) is 8.42 Å². The van der Waals surface area contributed by atoms with Crippen LogP contribution >= 0.6 is 0 Å².